The molecule has 8 nitrogen and oxygen atoms in total. The van der Waals surface area contributed by atoms with Gasteiger partial charge >= 0.3 is 0 Å². The maximum Gasteiger partial charge on any atom is 0.230 e. The molecule has 9 heteroatoms. The molecule has 4 N–H and O–H groups in total. The van der Waals surface area contributed by atoms with Gasteiger partial charge in [0.05, 0.1) is 11.4 Å². The molecule has 1 aliphatic rings. The Balaban J connectivity index is 1.39. The number of nitrogen functional groups attached to an aromatic ring is 1. The molecule has 1 saturated carbocycles. The number of rotatable bonds is 6. The molecule has 0 bridgehead atoms. The number of thioether (sulfide) groups is 1. The van der Waals surface area contributed by atoms with E-state index in [-0.39, 0.29) is 11.7 Å². The summed E-state index contributed by atoms with van der Waals surface area (Å²) in [6.45, 7) is 2.05. The summed E-state index contributed by atoms with van der Waals surface area (Å²) in [4.78, 5) is 12.2. The molecule has 1 aliphatic carbocycles. The van der Waals surface area contributed by atoms with Gasteiger partial charge in [0.2, 0.25) is 16.9 Å². The lowest BCUT2D eigenvalue weighted by atomic mass is 9.95. The first-order chi connectivity index (χ1) is 14.1. The first-order valence-electron chi connectivity index (χ1n) is 9.85. The number of aryl methyl sites for hydroxylation is 1. The Morgan fingerprint density at radius 2 is 2.00 bits per heavy atom. The molecule has 2 aromatic heterocycles. The molecule has 0 atom stereocenters. The highest BCUT2D eigenvalue weighted by atomic mass is 32.2. The zero-order valence-corrected chi connectivity index (χ0v) is 17.2. The minimum Gasteiger partial charge on any atom is -0.353 e. The number of nitrogens with one attached hydrogen (secondary N) is 2. The average Bonchev–Trinajstić information content (AvgIpc) is 3.34. The van der Waals surface area contributed by atoms with E-state index < -0.39 is 0 Å². The summed E-state index contributed by atoms with van der Waals surface area (Å²) in [6, 6.07) is 10.3. The van der Waals surface area contributed by atoms with Gasteiger partial charge in [-0.3, -0.25) is 9.89 Å². The van der Waals surface area contributed by atoms with Gasteiger partial charge in [-0.2, -0.15) is 5.10 Å². The van der Waals surface area contributed by atoms with Crippen molar-refractivity contribution in [3.63, 3.8) is 0 Å². The summed E-state index contributed by atoms with van der Waals surface area (Å²) in [5.74, 6) is 6.92. The van der Waals surface area contributed by atoms with E-state index in [1.165, 1.54) is 41.3 Å². The van der Waals surface area contributed by atoms with Crippen LogP contribution in [0.4, 0.5) is 0 Å². The predicted molar refractivity (Wildman–Crippen MR) is 114 cm³/mol. The highest BCUT2D eigenvalue weighted by Crippen LogP contribution is 2.25. The zero-order chi connectivity index (χ0) is 20.2. The molecule has 2 heterocycles. The molecule has 1 aromatic carbocycles. The fraction of sp³-hybridized carbons (Fsp3) is 0.400. The number of aromatic nitrogens is 5. The average molecular weight is 412 g/mol. The molecule has 29 heavy (non-hydrogen) atoms. The molecule has 0 aliphatic heterocycles. The minimum atomic E-state index is 0.00893. The van der Waals surface area contributed by atoms with Gasteiger partial charge in [-0.25, -0.2) is 4.68 Å². The molecule has 0 spiro atoms. The third-order valence-corrected chi connectivity index (χ3v) is 6.08. The van der Waals surface area contributed by atoms with E-state index in [0.29, 0.717) is 22.7 Å². The quantitative estimate of drug-likeness (QED) is 0.424. The van der Waals surface area contributed by atoms with Gasteiger partial charge in [0.25, 0.3) is 0 Å². The van der Waals surface area contributed by atoms with Gasteiger partial charge in [0.15, 0.2) is 0 Å². The van der Waals surface area contributed by atoms with Crippen molar-refractivity contribution < 1.29 is 4.79 Å². The van der Waals surface area contributed by atoms with Crippen molar-refractivity contribution in [2.45, 2.75) is 50.2 Å². The number of carbonyl (C=O) groups is 1. The van der Waals surface area contributed by atoms with Crippen LogP contribution in [0.1, 0.15) is 37.7 Å². The van der Waals surface area contributed by atoms with Crippen molar-refractivity contribution in [3.8, 4) is 22.8 Å². The number of amides is 1. The molecular weight excluding hydrogens is 386 g/mol. The van der Waals surface area contributed by atoms with E-state index in [0.717, 1.165) is 24.1 Å². The first-order valence-corrected chi connectivity index (χ1v) is 10.8. The van der Waals surface area contributed by atoms with Crippen molar-refractivity contribution in [3.05, 3.63) is 35.9 Å². The fourth-order valence-electron chi connectivity index (χ4n) is 3.51. The Hall–Kier alpha value is -2.81. The SMILES string of the molecule is Cc1ccc(-c2cc(-c3nnc(SCC(=O)NC4CCCCC4)n3N)[nH]n2)cc1. The topological polar surface area (TPSA) is 115 Å². The van der Waals surface area contributed by atoms with Crippen LogP contribution in [0.5, 0.6) is 0 Å². The summed E-state index contributed by atoms with van der Waals surface area (Å²) in [6.07, 6.45) is 5.77. The van der Waals surface area contributed by atoms with Gasteiger partial charge in [0, 0.05) is 11.6 Å². The second-order valence-corrected chi connectivity index (χ2v) is 8.34. The summed E-state index contributed by atoms with van der Waals surface area (Å²) < 4.78 is 1.39. The van der Waals surface area contributed by atoms with E-state index in [1.54, 1.807) is 0 Å². The number of hydrogen-bond acceptors (Lipinski definition) is 6. The standard InChI is InChI=1S/C20H25N7OS/c1-13-7-9-14(10-8-13)16-11-17(24-23-16)19-25-26-20(27(19)21)29-12-18(28)22-15-5-3-2-4-6-15/h7-11,15H,2-6,12,21H2,1H3,(H,22,28)(H,23,24). The summed E-state index contributed by atoms with van der Waals surface area (Å²) in [5.41, 5.74) is 3.69. The van der Waals surface area contributed by atoms with Crippen LogP contribution in [0.25, 0.3) is 22.8 Å². The molecule has 1 amide bonds. The first kappa shape index (κ1) is 19.5. The van der Waals surface area contributed by atoms with Crippen LogP contribution in [-0.4, -0.2) is 42.8 Å². The Morgan fingerprint density at radius 3 is 2.76 bits per heavy atom. The van der Waals surface area contributed by atoms with Crippen LogP contribution >= 0.6 is 11.8 Å². The number of carbonyl (C=O) groups excluding carboxylic acids is 1. The summed E-state index contributed by atoms with van der Waals surface area (Å²) in [5, 5.41) is 19.2. The molecule has 0 radical (unpaired) electrons. The lowest BCUT2D eigenvalue weighted by molar-refractivity contribution is -0.119. The third-order valence-electron chi connectivity index (χ3n) is 5.13. The maximum atomic E-state index is 12.2. The van der Waals surface area contributed by atoms with Crippen LogP contribution in [0, 0.1) is 6.92 Å². The van der Waals surface area contributed by atoms with Crippen LogP contribution in [0.2, 0.25) is 0 Å². The Bertz CT molecular complexity index is 973. The van der Waals surface area contributed by atoms with Crippen LogP contribution in [0.3, 0.4) is 0 Å². The molecule has 0 saturated heterocycles. The van der Waals surface area contributed by atoms with Gasteiger partial charge < -0.3 is 11.2 Å². The van der Waals surface area contributed by atoms with Crippen LogP contribution < -0.4 is 11.2 Å². The lowest BCUT2D eigenvalue weighted by Crippen LogP contribution is -2.37. The highest BCUT2D eigenvalue weighted by molar-refractivity contribution is 7.99. The normalized spacial score (nSPS) is 14.8. The highest BCUT2D eigenvalue weighted by Gasteiger charge is 2.18. The Labute approximate surface area is 173 Å². The molecular formula is C20H25N7OS. The summed E-state index contributed by atoms with van der Waals surface area (Å²) >= 11 is 1.28. The van der Waals surface area contributed by atoms with Crippen molar-refractivity contribution in [1.29, 1.82) is 0 Å². The number of H-pyrrole nitrogens is 1. The number of benzene rings is 1. The number of aromatic amines is 1. The van der Waals surface area contributed by atoms with Gasteiger partial charge in [0.1, 0.15) is 5.69 Å². The van der Waals surface area contributed by atoms with Crippen molar-refractivity contribution in [2.24, 2.45) is 0 Å². The zero-order valence-electron chi connectivity index (χ0n) is 16.4. The van der Waals surface area contributed by atoms with Gasteiger partial charge in [-0.15, -0.1) is 10.2 Å². The molecule has 0 unspecified atom stereocenters. The van der Waals surface area contributed by atoms with E-state index in [9.17, 15) is 4.79 Å². The number of nitrogens with two attached hydrogens (primary N) is 1. The van der Waals surface area contributed by atoms with E-state index in [4.69, 9.17) is 5.84 Å². The van der Waals surface area contributed by atoms with Crippen molar-refractivity contribution in [1.82, 2.24) is 30.4 Å². The molecule has 152 valence electrons. The van der Waals surface area contributed by atoms with E-state index in [2.05, 4.69) is 25.7 Å². The molecule has 3 aromatic rings. The minimum absolute atomic E-state index is 0.00893. The maximum absolute atomic E-state index is 12.2. The molecule has 1 fully saturated rings. The number of hydrogen-bond donors (Lipinski definition) is 3. The Kier molecular flexibility index (Phi) is 5.84. The van der Waals surface area contributed by atoms with Crippen LogP contribution in [0.15, 0.2) is 35.5 Å². The van der Waals surface area contributed by atoms with Crippen molar-refractivity contribution >= 4 is 17.7 Å². The summed E-state index contributed by atoms with van der Waals surface area (Å²) in [7, 11) is 0. The Morgan fingerprint density at radius 1 is 1.24 bits per heavy atom. The van der Waals surface area contributed by atoms with Crippen molar-refractivity contribution in [2.75, 3.05) is 11.6 Å². The van der Waals surface area contributed by atoms with Gasteiger partial charge in [-0.05, 0) is 25.8 Å². The van der Waals surface area contributed by atoms with E-state index >= 15 is 0 Å². The number of nitrogens with zero attached hydrogens (tertiary/aromatic N) is 4. The van der Waals surface area contributed by atoms with Crippen LogP contribution in [-0.2, 0) is 4.79 Å². The second-order valence-electron chi connectivity index (χ2n) is 7.40. The second kappa shape index (κ2) is 8.69. The smallest absolute Gasteiger partial charge is 0.230 e. The monoisotopic (exact) mass is 411 g/mol. The third kappa shape index (κ3) is 4.61. The van der Waals surface area contributed by atoms with Gasteiger partial charge in [-0.1, -0.05) is 60.9 Å². The van der Waals surface area contributed by atoms with E-state index in [1.807, 2.05) is 37.3 Å². The fourth-order valence-corrected chi connectivity index (χ4v) is 4.18. The predicted octanol–water partition coefficient (Wildman–Crippen LogP) is 2.90. The lowest BCUT2D eigenvalue weighted by Gasteiger charge is -2.22. The molecule has 4 rings (SSSR count). The largest absolute Gasteiger partial charge is 0.353 e.